The van der Waals surface area contributed by atoms with Crippen LogP contribution >= 0.6 is 7.92 Å². The predicted octanol–water partition coefficient (Wildman–Crippen LogP) is 9.79. The van der Waals surface area contributed by atoms with Crippen molar-refractivity contribution in [1.29, 1.82) is 0 Å². The molecular weight excluding hydrogens is 495 g/mol. The number of carbonyl (C=O) groups is 2. The minimum atomic E-state index is -1.76. The second kappa shape index (κ2) is 14.2. The standard InChI is InChI=1S/C36H47O2P/c1-9-11-13-15-30-17-18-32(31(23-30)16-14-12-10-2)39(35(37)33-26(5)19-24(3)20-27(33)6)36(38)34-28(7)21-25(4)22-29(34)8/h17-23H,9-16H2,1-8H3. The van der Waals surface area contributed by atoms with Crippen LogP contribution in [0.3, 0.4) is 0 Å². The lowest BCUT2D eigenvalue weighted by atomic mass is 10.0. The maximum Gasteiger partial charge on any atom is 0.197 e. The van der Waals surface area contributed by atoms with Crippen molar-refractivity contribution >= 4 is 24.3 Å². The zero-order valence-corrected chi connectivity index (χ0v) is 26.4. The molecule has 0 unspecified atom stereocenters. The molecule has 0 spiro atoms. The summed E-state index contributed by atoms with van der Waals surface area (Å²) in [6.07, 6.45) is 8.88. The highest BCUT2D eigenvalue weighted by molar-refractivity contribution is 7.96. The monoisotopic (exact) mass is 542 g/mol. The van der Waals surface area contributed by atoms with E-state index in [-0.39, 0.29) is 11.0 Å². The average molecular weight is 543 g/mol. The van der Waals surface area contributed by atoms with Crippen LogP contribution in [0.25, 0.3) is 0 Å². The third-order valence-electron chi connectivity index (χ3n) is 7.69. The van der Waals surface area contributed by atoms with Crippen molar-refractivity contribution in [3.05, 3.63) is 98.1 Å². The highest BCUT2D eigenvalue weighted by Crippen LogP contribution is 2.46. The number of hydrogen-bond donors (Lipinski definition) is 0. The van der Waals surface area contributed by atoms with Crippen LogP contribution in [0.4, 0.5) is 0 Å². The maximum absolute atomic E-state index is 14.6. The minimum Gasteiger partial charge on any atom is -0.288 e. The molecule has 0 aromatic heterocycles. The van der Waals surface area contributed by atoms with Gasteiger partial charge in [-0.3, -0.25) is 9.59 Å². The Labute approximate surface area is 238 Å². The molecule has 0 aliphatic heterocycles. The van der Waals surface area contributed by atoms with Crippen LogP contribution in [-0.2, 0) is 12.8 Å². The van der Waals surface area contributed by atoms with E-state index in [2.05, 4.69) is 70.2 Å². The topological polar surface area (TPSA) is 34.1 Å². The van der Waals surface area contributed by atoms with Gasteiger partial charge in [0.15, 0.2) is 11.0 Å². The molecule has 0 aliphatic carbocycles. The van der Waals surface area contributed by atoms with Crippen molar-refractivity contribution in [3.8, 4) is 0 Å². The Morgan fingerprint density at radius 2 is 1.03 bits per heavy atom. The van der Waals surface area contributed by atoms with Gasteiger partial charge in [-0.05, 0) is 106 Å². The largest absolute Gasteiger partial charge is 0.288 e. The van der Waals surface area contributed by atoms with Crippen LogP contribution in [0, 0.1) is 41.5 Å². The van der Waals surface area contributed by atoms with Gasteiger partial charge in [0.25, 0.3) is 0 Å². The minimum absolute atomic E-state index is 0.0140. The molecular formula is C36H47O2P. The van der Waals surface area contributed by atoms with E-state index in [0.717, 1.165) is 70.8 Å². The Morgan fingerprint density at radius 3 is 1.46 bits per heavy atom. The van der Waals surface area contributed by atoms with Gasteiger partial charge < -0.3 is 0 Å². The zero-order chi connectivity index (χ0) is 28.7. The fourth-order valence-electron chi connectivity index (χ4n) is 5.93. The van der Waals surface area contributed by atoms with E-state index in [4.69, 9.17) is 0 Å². The first-order valence-corrected chi connectivity index (χ1v) is 16.1. The van der Waals surface area contributed by atoms with Crippen LogP contribution in [0.2, 0.25) is 0 Å². The van der Waals surface area contributed by atoms with Gasteiger partial charge >= 0.3 is 0 Å². The molecule has 3 heteroatoms. The zero-order valence-electron chi connectivity index (χ0n) is 25.5. The van der Waals surface area contributed by atoms with E-state index in [0.29, 0.717) is 11.1 Å². The van der Waals surface area contributed by atoms with Crippen molar-refractivity contribution < 1.29 is 9.59 Å². The lowest BCUT2D eigenvalue weighted by Gasteiger charge is -2.23. The molecule has 208 valence electrons. The summed E-state index contributed by atoms with van der Waals surface area (Å²) in [4.78, 5) is 29.2. The first-order valence-electron chi connectivity index (χ1n) is 14.7. The van der Waals surface area contributed by atoms with Crippen LogP contribution in [0.15, 0.2) is 42.5 Å². The van der Waals surface area contributed by atoms with E-state index in [1.165, 1.54) is 30.4 Å². The van der Waals surface area contributed by atoms with Crippen molar-refractivity contribution in [2.24, 2.45) is 0 Å². The lowest BCUT2D eigenvalue weighted by molar-refractivity contribution is 0.105. The van der Waals surface area contributed by atoms with Gasteiger partial charge in [0, 0.05) is 11.1 Å². The maximum atomic E-state index is 14.6. The molecule has 0 N–H and O–H groups in total. The van der Waals surface area contributed by atoms with Crippen LogP contribution in [-0.4, -0.2) is 11.0 Å². The van der Waals surface area contributed by atoms with Gasteiger partial charge in [-0.1, -0.05) is 93.1 Å². The molecule has 0 amide bonds. The van der Waals surface area contributed by atoms with E-state index >= 15 is 0 Å². The molecule has 0 fully saturated rings. The Morgan fingerprint density at radius 1 is 0.590 bits per heavy atom. The van der Waals surface area contributed by atoms with Gasteiger partial charge in [-0.25, -0.2) is 0 Å². The van der Waals surface area contributed by atoms with Crippen molar-refractivity contribution in [2.75, 3.05) is 0 Å². The molecule has 0 heterocycles. The summed E-state index contributed by atoms with van der Waals surface area (Å²) in [5, 5.41) is 0.953. The quantitative estimate of drug-likeness (QED) is 0.159. The summed E-state index contributed by atoms with van der Waals surface area (Å²) in [5.41, 5.74) is 10.0. The van der Waals surface area contributed by atoms with Gasteiger partial charge in [-0.15, -0.1) is 0 Å². The van der Waals surface area contributed by atoms with Gasteiger partial charge in [0.2, 0.25) is 0 Å². The van der Waals surface area contributed by atoms with Crippen molar-refractivity contribution in [2.45, 2.75) is 107 Å². The summed E-state index contributed by atoms with van der Waals surface area (Å²) in [6, 6.07) is 14.9. The second-order valence-corrected chi connectivity index (χ2v) is 13.3. The third kappa shape index (κ3) is 7.55. The number of unbranched alkanes of at least 4 members (excludes halogenated alkanes) is 4. The van der Waals surface area contributed by atoms with Gasteiger partial charge in [0.05, 0.1) is 7.92 Å². The smallest absolute Gasteiger partial charge is 0.197 e. The fraction of sp³-hybridized carbons (Fsp3) is 0.444. The number of hydrogen-bond acceptors (Lipinski definition) is 2. The second-order valence-electron chi connectivity index (χ2n) is 11.4. The highest BCUT2D eigenvalue weighted by atomic mass is 31.1. The molecule has 0 radical (unpaired) electrons. The first-order chi connectivity index (χ1) is 18.6. The van der Waals surface area contributed by atoms with Gasteiger partial charge in [0.1, 0.15) is 0 Å². The summed E-state index contributed by atoms with van der Waals surface area (Å²) < 4.78 is 0. The number of carbonyl (C=O) groups excluding carboxylic acids is 2. The molecule has 3 rings (SSSR count). The molecule has 0 saturated heterocycles. The van der Waals surface area contributed by atoms with Crippen LogP contribution < -0.4 is 5.30 Å². The normalized spacial score (nSPS) is 11.3. The summed E-state index contributed by atoms with van der Waals surface area (Å²) in [7, 11) is -1.76. The molecule has 0 saturated carbocycles. The number of rotatable bonds is 13. The van der Waals surface area contributed by atoms with Gasteiger partial charge in [-0.2, -0.15) is 0 Å². The fourth-order valence-corrected chi connectivity index (χ4v) is 8.39. The van der Waals surface area contributed by atoms with E-state index in [9.17, 15) is 9.59 Å². The van der Waals surface area contributed by atoms with E-state index in [1.54, 1.807) is 0 Å². The molecule has 0 bridgehead atoms. The highest BCUT2D eigenvalue weighted by Gasteiger charge is 2.35. The Balaban J connectivity index is 2.23. The first kappa shape index (κ1) is 31.0. The van der Waals surface area contributed by atoms with Crippen molar-refractivity contribution in [1.82, 2.24) is 0 Å². The summed E-state index contributed by atoms with van der Waals surface area (Å²) >= 11 is 0. The van der Waals surface area contributed by atoms with Crippen LogP contribution in [0.1, 0.15) is 118 Å². The SMILES string of the molecule is CCCCCc1ccc(P(C(=O)c2c(C)cc(C)cc2C)C(=O)c2c(C)cc(C)cc2C)c(CCCCC)c1. The number of aryl methyl sites for hydroxylation is 8. The molecule has 3 aromatic carbocycles. The number of benzene rings is 3. The molecule has 0 aliphatic rings. The average Bonchev–Trinajstić information content (AvgIpc) is 2.84. The lowest BCUT2D eigenvalue weighted by Crippen LogP contribution is -2.22. The summed E-state index contributed by atoms with van der Waals surface area (Å²) in [5.74, 6) is 0. The van der Waals surface area contributed by atoms with E-state index < -0.39 is 7.92 Å². The van der Waals surface area contributed by atoms with Crippen LogP contribution in [0.5, 0.6) is 0 Å². The predicted molar refractivity (Wildman–Crippen MR) is 169 cm³/mol. The van der Waals surface area contributed by atoms with E-state index in [1.807, 2.05) is 27.7 Å². The molecule has 2 nitrogen and oxygen atoms in total. The van der Waals surface area contributed by atoms with Crippen molar-refractivity contribution in [3.63, 3.8) is 0 Å². The molecule has 39 heavy (non-hydrogen) atoms. The Hall–Kier alpha value is -2.57. The Kier molecular flexibility index (Phi) is 11.3. The third-order valence-corrected chi connectivity index (χ3v) is 9.87. The summed E-state index contributed by atoms with van der Waals surface area (Å²) in [6.45, 7) is 16.6. The molecule has 0 atom stereocenters. The Bertz CT molecular complexity index is 1220. The molecule has 3 aromatic rings.